The molecular weight excluding hydrogens is 296 g/mol. The first-order valence-electron chi connectivity index (χ1n) is 7.16. The molecule has 122 valence electrons. The van der Waals surface area contributed by atoms with E-state index in [0.717, 1.165) is 5.75 Å². The zero-order valence-corrected chi connectivity index (χ0v) is 13.7. The highest BCUT2D eigenvalue weighted by atomic mass is 16.5. The molecule has 5 nitrogen and oxygen atoms in total. The molecule has 0 aliphatic heterocycles. The van der Waals surface area contributed by atoms with Gasteiger partial charge in [0.25, 0.3) is 0 Å². The molecule has 0 aliphatic rings. The highest BCUT2D eigenvalue weighted by Gasteiger charge is 2.19. The minimum absolute atomic E-state index is 0.137. The first-order valence-corrected chi connectivity index (χ1v) is 7.16. The van der Waals surface area contributed by atoms with Gasteiger partial charge >= 0.3 is 0 Å². The van der Waals surface area contributed by atoms with E-state index in [4.69, 9.17) is 18.9 Å². The van der Waals surface area contributed by atoms with Gasteiger partial charge in [0.05, 0.1) is 21.3 Å². The van der Waals surface area contributed by atoms with Crippen LogP contribution in [0.1, 0.15) is 17.3 Å². The predicted octanol–water partition coefficient (Wildman–Crippen LogP) is 3.36. The van der Waals surface area contributed by atoms with Gasteiger partial charge in [0.15, 0.2) is 17.6 Å². The van der Waals surface area contributed by atoms with Gasteiger partial charge in [-0.3, -0.25) is 4.79 Å². The molecule has 0 radical (unpaired) electrons. The highest BCUT2D eigenvalue weighted by Crippen LogP contribution is 2.28. The third-order valence-corrected chi connectivity index (χ3v) is 3.41. The molecule has 0 saturated carbocycles. The van der Waals surface area contributed by atoms with Gasteiger partial charge in [0.1, 0.15) is 11.5 Å². The summed E-state index contributed by atoms with van der Waals surface area (Å²) in [6.07, 6.45) is -0.624. The molecule has 1 unspecified atom stereocenters. The van der Waals surface area contributed by atoms with Crippen molar-refractivity contribution in [3.63, 3.8) is 0 Å². The van der Waals surface area contributed by atoms with E-state index in [-0.39, 0.29) is 5.78 Å². The summed E-state index contributed by atoms with van der Waals surface area (Å²) in [6.45, 7) is 1.71. The van der Waals surface area contributed by atoms with Gasteiger partial charge in [-0.2, -0.15) is 0 Å². The molecule has 0 amide bonds. The second kappa shape index (κ2) is 7.54. The highest BCUT2D eigenvalue weighted by molar-refractivity contribution is 6.00. The van der Waals surface area contributed by atoms with Gasteiger partial charge in [-0.05, 0) is 49.4 Å². The zero-order valence-electron chi connectivity index (χ0n) is 13.7. The lowest BCUT2D eigenvalue weighted by atomic mass is 10.1. The van der Waals surface area contributed by atoms with Crippen LogP contribution in [0.4, 0.5) is 0 Å². The molecule has 0 aliphatic carbocycles. The van der Waals surface area contributed by atoms with Crippen molar-refractivity contribution in [2.45, 2.75) is 13.0 Å². The molecule has 2 rings (SSSR count). The number of carbonyl (C=O) groups is 1. The number of hydrogen-bond donors (Lipinski definition) is 0. The molecule has 0 N–H and O–H groups in total. The van der Waals surface area contributed by atoms with Crippen molar-refractivity contribution in [2.24, 2.45) is 0 Å². The number of carbonyl (C=O) groups excluding carboxylic acids is 1. The Balaban J connectivity index is 2.12. The Morgan fingerprint density at radius 1 is 0.826 bits per heavy atom. The van der Waals surface area contributed by atoms with Crippen LogP contribution in [0.15, 0.2) is 42.5 Å². The standard InChI is InChI=1S/C18H20O5/c1-12(23-15-8-6-14(20-2)7-9-15)18(19)13-5-10-16(21-3)17(11-13)22-4/h5-12H,1-4H3. The van der Waals surface area contributed by atoms with E-state index in [1.165, 1.54) is 7.11 Å². The fourth-order valence-corrected chi connectivity index (χ4v) is 2.14. The monoisotopic (exact) mass is 316 g/mol. The predicted molar refractivity (Wildman–Crippen MR) is 87.0 cm³/mol. The number of hydrogen-bond acceptors (Lipinski definition) is 5. The van der Waals surface area contributed by atoms with Gasteiger partial charge in [-0.1, -0.05) is 0 Å². The fourth-order valence-electron chi connectivity index (χ4n) is 2.14. The smallest absolute Gasteiger partial charge is 0.203 e. The molecule has 0 heterocycles. The van der Waals surface area contributed by atoms with Crippen LogP contribution in [0.2, 0.25) is 0 Å². The third kappa shape index (κ3) is 3.94. The summed E-state index contributed by atoms with van der Waals surface area (Å²) in [5.74, 6) is 2.29. The van der Waals surface area contributed by atoms with Gasteiger partial charge in [-0.15, -0.1) is 0 Å². The van der Waals surface area contributed by atoms with Crippen LogP contribution in [0.3, 0.4) is 0 Å². The van der Waals surface area contributed by atoms with Crippen LogP contribution in [0, 0.1) is 0 Å². The number of benzene rings is 2. The molecule has 0 aromatic heterocycles. The van der Waals surface area contributed by atoms with Gasteiger partial charge in [0, 0.05) is 5.56 Å². The van der Waals surface area contributed by atoms with Crippen molar-refractivity contribution in [3.05, 3.63) is 48.0 Å². The summed E-state index contributed by atoms with van der Waals surface area (Å²) in [5, 5.41) is 0. The van der Waals surface area contributed by atoms with Crippen molar-refractivity contribution in [1.29, 1.82) is 0 Å². The van der Waals surface area contributed by atoms with Crippen LogP contribution in [-0.4, -0.2) is 33.2 Å². The van der Waals surface area contributed by atoms with Crippen molar-refractivity contribution < 1.29 is 23.7 Å². The van der Waals surface area contributed by atoms with E-state index < -0.39 is 6.10 Å². The Bertz CT molecular complexity index is 664. The number of ether oxygens (including phenoxy) is 4. The number of methoxy groups -OCH3 is 3. The third-order valence-electron chi connectivity index (χ3n) is 3.41. The molecule has 2 aromatic carbocycles. The maximum Gasteiger partial charge on any atom is 0.203 e. The maximum absolute atomic E-state index is 12.5. The van der Waals surface area contributed by atoms with Crippen LogP contribution in [0.5, 0.6) is 23.0 Å². The number of Topliss-reactive ketones (excluding diaryl/α,β-unsaturated/α-hetero) is 1. The summed E-state index contributed by atoms with van der Waals surface area (Å²) < 4.78 is 21.2. The lowest BCUT2D eigenvalue weighted by Crippen LogP contribution is -2.23. The van der Waals surface area contributed by atoms with Crippen molar-refractivity contribution in [2.75, 3.05) is 21.3 Å². The summed E-state index contributed by atoms with van der Waals surface area (Å²) in [5.41, 5.74) is 0.503. The summed E-state index contributed by atoms with van der Waals surface area (Å²) in [4.78, 5) is 12.5. The van der Waals surface area contributed by atoms with Gasteiger partial charge in [0.2, 0.25) is 5.78 Å². The van der Waals surface area contributed by atoms with Crippen molar-refractivity contribution >= 4 is 5.78 Å². The Hall–Kier alpha value is -2.69. The molecule has 23 heavy (non-hydrogen) atoms. The van der Waals surface area contributed by atoms with E-state index in [1.807, 2.05) is 0 Å². The molecule has 0 saturated heterocycles. The quantitative estimate of drug-likeness (QED) is 0.733. The molecule has 0 fully saturated rings. The van der Waals surface area contributed by atoms with E-state index in [9.17, 15) is 4.79 Å². The lowest BCUT2D eigenvalue weighted by molar-refractivity contribution is 0.0817. The van der Waals surface area contributed by atoms with Crippen LogP contribution < -0.4 is 18.9 Å². The first kappa shape index (κ1) is 16.7. The second-order valence-electron chi connectivity index (χ2n) is 4.87. The zero-order chi connectivity index (χ0) is 16.8. The number of ketones is 1. The van der Waals surface area contributed by atoms with E-state index in [2.05, 4.69) is 0 Å². The normalized spacial score (nSPS) is 11.5. The van der Waals surface area contributed by atoms with Crippen LogP contribution in [-0.2, 0) is 0 Å². The molecule has 2 aromatic rings. The Labute approximate surface area is 135 Å². The topological polar surface area (TPSA) is 54.0 Å². The van der Waals surface area contributed by atoms with E-state index in [1.54, 1.807) is 63.6 Å². The molecule has 0 spiro atoms. The average molecular weight is 316 g/mol. The molecule has 0 bridgehead atoms. The lowest BCUT2D eigenvalue weighted by Gasteiger charge is -2.15. The molecule has 1 atom stereocenters. The fraction of sp³-hybridized carbons (Fsp3) is 0.278. The van der Waals surface area contributed by atoms with Crippen molar-refractivity contribution in [3.8, 4) is 23.0 Å². The van der Waals surface area contributed by atoms with Gasteiger partial charge in [-0.25, -0.2) is 0 Å². The minimum atomic E-state index is -0.624. The van der Waals surface area contributed by atoms with E-state index >= 15 is 0 Å². The van der Waals surface area contributed by atoms with E-state index in [0.29, 0.717) is 22.8 Å². The summed E-state index contributed by atoms with van der Waals surface area (Å²) in [6, 6.07) is 12.1. The average Bonchev–Trinajstić information content (AvgIpc) is 2.61. The van der Waals surface area contributed by atoms with Crippen LogP contribution in [0.25, 0.3) is 0 Å². The SMILES string of the molecule is COc1ccc(OC(C)C(=O)c2ccc(OC)c(OC)c2)cc1. The first-order chi connectivity index (χ1) is 11.1. The Morgan fingerprint density at radius 2 is 1.43 bits per heavy atom. The summed E-state index contributed by atoms with van der Waals surface area (Å²) in [7, 11) is 4.68. The molecular formula is C18H20O5. The Kier molecular flexibility index (Phi) is 5.46. The number of rotatable bonds is 7. The molecule has 5 heteroatoms. The summed E-state index contributed by atoms with van der Waals surface area (Å²) >= 11 is 0. The maximum atomic E-state index is 12.5. The van der Waals surface area contributed by atoms with Gasteiger partial charge < -0.3 is 18.9 Å². The van der Waals surface area contributed by atoms with Crippen molar-refractivity contribution in [1.82, 2.24) is 0 Å². The van der Waals surface area contributed by atoms with Crippen LogP contribution >= 0.6 is 0 Å². The largest absolute Gasteiger partial charge is 0.497 e. The second-order valence-corrected chi connectivity index (χ2v) is 4.87. The Morgan fingerprint density at radius 3 is 2.00 bits per heavy atom. The minimum Gasteiger partial charge on any atom is -0.497 e.